The Morgan fingerprint density at radius 2 is 1.79 bits per heavy atom. The van der Waals surface area contributed by atoms with Gasteiger partial charge in [0.1, 0.15) is 11.5 Å². The quantitative estimate of drug-likeness (QED) is 0.668. The van der Waals surface area contributed by atoms with E-state index in [1.165, 1.54) is 49.6 Å². The van der Waals surface area contributed by atoms with Crippen molar-refractivity contribution in [2.75, 3.05) is 12.4 Å². The molecule has 28 heavy (non-hydrogen) atoms. The molecule has 1 heterocycles. The number of aromatic nitrogens is 1. The fourth-order valence-electron chi connectivity index (χ4n) is 2.49. The number of halogens is 1. The van der Waals surface area contributed by atoms with Crippen LogP contribution in [0.5, 0.6) is 5.75 Å². The number of sulfone groups is 1. The van der Waals surface area contributed by atoms with Gasteiger partial charge in [-0.05, 0) is 50.2 Å². The molecule has 146 valence electrons. The van der Waals surface area contributed by atoms with E-state index in [9.17, 15) is 13.2 Å². The van der Waals surface area contributed by atoms with Crippen molar-refractivity contribution >= 4 is 33.0 Å². The van der Waals surface area contributed by atoms with Gasteiger partial charge in [-0.3, -0.25) is 4.79 Å². The topological polar surface area (TPSA) is 98.5 Å². The van der Waals surface area contributed by atoms with Gasteiger partial charge in [0, 0.05) is 22.3 Å². The van der Waals surface area contributed by atoms with Crippen molar-refractivity contribution in [1.29, 1.82) is 0 Å². The number of anilines is 1. The molecule has 0 saturated heterocycles. The fourth-order valence-corrected chi connectivity index (χ4v) is 3.93. The van der Waals surface area contributed by atoms with Crippen LogP contribution in [0, 0.1) is 13.8 Å². The minimum Gasteiger partial charge on any atom is -0.497 e. The molecular weight excluding hydrogens is 404 g/mol. The van der Waals surface area contributed by atoms with Crippen LogP contribution in [0.1, 0.15) is 21.8 Å². The molecule has 2 aromatic carbocycles. The molecule has 1 aromatic heterocycles. The lowest BCUT2D eigenvalue weighted by molar-refractivity contribution is 0.101. The number of rotatable bonds is 5. The predicted octanol–water partition coefficient (Wildman–Crippen LogP) is 4.04. The van der Waals surface area contributed by atoms with Gasteiger partial charge in [-0.15, -0.1) is 0 Å². The van der Waals surface area contributed by atoms with E-state index < -0.39 is 15.7 Å². The van der Waals surface area contributed by atoms with Crippen molar-refractivity contribution in [3.8, 4) is 5.75 Å². The second kappa shape index (κ2) is 7.65. The summed E-state index contributed by atoms with van der Waals surface area (Å²) in [6.07, 6.45) is 0. The molecule has 0 aliphatic rings. The van der Waals surface area contributed by atoms with Crippen molar-refractivity contribution in [2.24, 2.45) is 0 Å². The Labute approximate surface area is 167 Å². The number of hydrogen-bond donors (Lipinski definition) is 1. The van der Waals surface area contributed by atoms with Crippen LogP contribution in [0.25, 0.3) is 0 Å². The Balaban J connectivity index is 1.99. The van der Waals surface area contributed by atoms with Crippen molar-refractivity contribution < 1.29 is 22.5 Å². The SMILES string of the molecule is COc1cc(NC(=O)c2noc(C)c2C)cc(S(=O)(=O)c2ccc(Cl)cc2)c1. The molecule has 0 atom stereocenters. The molecule has 0 spiro atoms. The Hall–Kier alpha value is -2.84. The van der Waals surface area contributed by atoms with Crippen LogP contribution in [-0.2, 0) is 9.84 Å². The monoisotopic (exact) mass is 420 g/mol. The molecule has 0 radical (unpaired) electrons. The van der Waals surface area contributed by atoms with Crippen molar-refractivity contribution in [3.63, 3.8) is 0 Å². The van der Waals surface area contributed by atoms with E-state index in [4.69, 9.17) is 20.9 Å². The van der Waals surface area contributed by atoms with Gasteiger partial charge in [-0.1, -0.05) is 16.8 Å². The number of amides is 1. The molecule has 0 saturated carbocycles. The Morgan fingerprint density at radius 3 is 2.36 bits per heavy atom. The molecule has 0 fully saturated rings. The first kappa shape index (κ1) is 19.9. The molecule has 3 aromatic rings. The van der Waals surface area contributed by atoms with Crippen LogP contribution in [0.3, 0.4) is 0 Å². The number of ether oxygens (including phenoxy) is 1. The lowest BCUT2D eigenvalue weighted by Crippen LogP contribution is -2.14. The van der Waals surface area contributed by atoms with Crippen molar-refractivity contribution in [2.45, 2.75) is 23.6 Å². The summed E-state index contributed by atoms with van der Waals surface area (Å²) in [7, 11) is -2.43. The van der Waals surface area contributed by atoms with Gasteiger partial charge in [-0.2, -0.15) is 0 Å². The average Bonchev–Trinajstić information content (AvgIpc) is 3.00. The summed E-state index contributed by atoms with van der Waals surface area (Å²) in [5.74, 6) is 0.289. The third-order valence-electron chi connectivity index (χ3n) is 4.18. The fraction of sp³-hybridized carbons (Fsp3) is 0.158. The number of carbonyl (C=O) groups is 1. The first-order valence-electron chi connectivity index (χ1n) is 8.16. The largest absolute Gasteiger partial charge is 0.497 e. The second-order valence-electron chi connectivity index (χ2n) is 6.02. The summed E-state index contributed by atoms with van der Waals surface area (Å²) < 4.78 is 36.1. The first-order chi connectivity index (χ1) is 13.2. The highest BCUT2D eigenvalue weighted by molar-refractivity contribution is 7.91. The standard InChI is InChI=1S/C19H17ClN2O5S/c1-11-12(2)27-22-18(11)19(23)21-14-8-15(26-3)10-17(9-14)28(24,25)16-6-4-13(20)5-7-16/h4-10H,1-3H3,(H,21,23). The normalized spacial score (nSPS) is 11.3. The van der Waals surface area contributed by atoms with E-state index in [1.54, 1.807) is 13.8 Å². The van der Waals surface area contributed by atoms with E-state index in [0.29, 0.717) is 16.3 Å². The third-order valence-corrected chi connectivity index (χ3v) is 6.18. The van der Waals surface area contributed by atoms with Gasteiger partial charge in [-0.25, -0.2) is 8.42 Å². The summed E-state index contributed by atoms with van der Waals surface area (Å²) >= 11 is 5.83. The maximum Gasteiger partial charge on any atom is 0.278 e. The summed E-state index contributed by atoms with van der Waals surface area (Å²) in [6, 6.07) is 10.1. The lowest BCUT2D eigenvalue weighted by Gasteiger charge is -2.11. The zero-order valence-electron chi connectivity index (χ0n) is 15.3. The predicted molar refractivity (Wildman–Crippen MR) is 104 cm³/mol. The molecule has 1 N–H and O–H groups in total. The minimum absolute atomic E-state index is 0.0301. The zero-order valence-corrected chi connectivity index (χ0v) is 16.9. The van der Waals surface area contributed by atoms with E-state index in [0.717, 1.165) is 0 Å². The number of hydrogen-bond acceptors (Lipinski definition) is 6. The number of benzene rings is 2. The van der Waals surface area contributed by atoms with Crippen molar-refractivity contribution in [3.05, 3.63) is 64.5 Å². The van der Waals surface area contributed by atoms with E-state index in [2.05, 4.69) is 10.5 Å². The van der Waals surface area contributed by atoms with Gasteiger partial charge in [0.15, 0.2) is 5.69 Å². The molecule has 0 unspecified atom stereocenters. The smallest absolute Gasteiger partial charge is 0.278 e. The maximum atomic E-state index is 12.9. The van der Waals surface area contributed by atoms with Gasteiger partial charge in [0.05, 0.1) is 16.9 Å². The van der Waals surface area contributed by atoms with Gasteiger partial charge in [0.2, 0.25) is 9.84 Å². The molecular formula is C19H17ClN2O5S. The Bertz CT molecular complexity index is 1140. The highest BCUT2D eigenvalue weighted by Gasteiger charge is 2.21. The lowest BCUT2D eigenvalue weighted by atomic mass is 10.2. The Kier molecular flexibility index (Phi) is 5.44. The van der Waals surface area contributed by atoms with Crippen LogP contribution in [0.2, 0.25) is 5.02 Å². The number of nitrogens with zero attached hydrogens (tertiary/aromatic N) is 1. The van der Waals surface area contributed by atoms with Crippen molar-refractivity contribution in [1.82, 2.24) is 5.16 Å². The summed E-state index contributed by atoms with van der Waals surface area (Å²) in [5.41, 5.74) is 0.980. The maximum absolute atomic E-state index is 12.9. The van der Waals surface area contributed by atoms with Crippen LogP contribution >= 0.6 is 11.6 Å². The average molecular weight is 421 g/mol. The highest BCUT2D eigenvalue weighted by atomic mass is 35.5. The van der Waals surface area contributed by atoms with Gasteiger partial charge >= 0.3 is 0 Å². The molecule has 0 bridgehead atoms. The minimum atomic E-state index is -3.84. The molecule has 0 aliphatic carbocycles. The van der Waals surface area contributed by atoms with Gasteiger partial charge in [0.25, 0.3) is 5.91 Å². The summed E-state index contributed by atoms with van der Waals surface area (Å²) in [6.45, 7) is 3.41. The molecule has 7 nitrogen and oxygen atoms in total. The second-order valence-corrected chi connectivity index (χ2v) is 8.41. The number of carbonyl (C=O) groups excluding carboxylic acids is 1. The highest BCUT2D eigenvalue weighted by Crippen LogP contribution is 2.29. The van der Waals surface area contributed by atoms with E-state index in [1.807, 2.05) is 0 Å². The van der Waals surface area contributed by atoms with Crippen LogP contribution in [0.15, 0.2) is 56.8 Å². The number of methoxy groups -OCH3 is 1. The summed E-state index contributed by atoms with van der Waals surface area (Å²) in [4.78, 5) is 12.5. The summed E-state index contributed by atoms with van der Waals surface area (Å²) in [5, 5.41) is 6.79. The third kappa shape index (κ3) is 3.88. The molecule has 3 rings (SSSR count). The molecule has 9 heteroatoms. The molecule has 1 amide bonds. The Morgan fingerprint density at radius 1 is 1.11 bits per heavy atom. The first-order valence-corrected chi connectivity index (χ1v) is 10.0. The zero-order chi connectivity index (χ0) is 20.5. The molecule has 0 aliphatic heterocycles. The van der Waals surface area contributed by atoms with Gasteiger partial charge < -0.3 is 14.6 Å². The van der Waals surface area contributed by atoms with Crippen LogP contribution < -0.4 is 10.1 Å². The number of aryl methyl sites for hydroxylation is 1. The van der Waals surface area contributed by atoms with E-state index >= 15 is 0 Å². The van der Waals surface area contributed by atoms with E-state index in [-0.39, 0.29) is 26.9 Å². The van der Waals surface area contributed by atoms with Crippen LogP contribution in [-0.4, -0.2) is 26.6 Å². The van der Waals surface area contributed by atoms with Crippen LogP contribution in [0.4, 0.5) is 5.69 Å². The number of nitrogens with one attached hydrogen (secondary N) is 1.